The maximum atomic E-state index is 16.9. The number of carbonyl (C=O) groups excluding carboxylic acids is 5. The van der Waals surface area contributed by atoms with Crippen LogP contribution in [-0.2, 0) is 23.9 Å². The summed E-state index contributed by atoms with van der Waals surface area (Å²) in [7, 11) is 1.64. The Morgan fingerprint density at radius 2 is 1.80 bits per heavy atom. The number of piperidine rings is 1. The molecule has 8 rings (SSSR count). The van der Waals surface area contributed by atoms with Crippen molar-refractivity contribution in [3.63, 3.8) is 0 Å². The molecule has 0 bridgehead atoms. The van der Waals surface area contributed by atoms with E-state index in [1.165, 1.54) is 23.1 Å². The van der Waals surface area contributed by atoms with Gasteiger partial charge in [-0.25, -0.2) is 9.37 Å². The molecule has 0 aliphatic carbocycles. The lowest BCUT2D eigenvalue weighted by atomic mass is 9.96. The molecule has 2 saturated heterocycles. The van der Waals surface area contributed by atoms with Crippen LogP contribution in [0.4, 0.5) is 16.2 Å². The summed E-state index contributed by atoms with van der Waals surface area (Å²) in [6, 6.07) is 15.6. The number of aromatic nitrogens is 2. The number of ether oxygens (including phenoxy) is 2. The molecule has 0 radical (unpaired) electrons. The van der Waals surface area contributed by atoms with Crippen LogP contribution in [0.25, 0.3) is 32.8 Å². The Hall–Kier alpha value is -6.89. The second kappa shape index (κ2) is 19.1. The van der Waals surface area contributed by atoms with Crippen molar-refractivity contribution in [2.75, 3.05) is 76.4 Å². The van der Waals surface area contributed by atoms with Gasteiger partial charge < -0.3 is 39.7 Å². The molecule has 1 aromatic heterocycles. The van der Waals surface area contributed by atoms with Gasteiger partial charge in [-0.3, -0.25) is 34.2 Å². The van der Waals surface area contributed by atoms with Gasteiger partial charge in [-0.15, -0.1) is 0 Å². The van der Waals surface area contributed by atoms with Crippen LogP contribution in [0.2, 0.25) is 5.02 Å². The predicted molar refractivity (Wildman–Crippen MR) is 239 cm³/mol. The van der Waals surface area contributed by atoms with E-state index in [-0.39, 0.29) is 97.4 Å². The zero-order valence-electron chi connectivity index (χ0n) is 35.4. The Kier molecular flexibility index (Phi) is 13.1. The van der Waals surface area contributed by atoms with E-state index in [1.54, 1.807) is 36.2 Å². The summed E-state index contributed by atoms with van der Waals surface area (Å²) in [5, 5.41) is 28.5. The highest BCUT2D eigenvalue weighted by atomic mass is 35.5. The molecule has 4 aromatic carbocycles. The van der Waals surface area contributed by atoms with Crippen LogP contribution >= 0.6 is 11.6 Å². The lowest BCUT2D eigenvalue weighted by molar-refractivity contribution is -0.139. The van der Waals surface area contributed by atoms with Crippen LogP contribution in [0.15, 0.2) is 73.3 Å². The number of halogens is 2. The van der Waals surface area contributed by atoms with Crippen LogP contribution in [0, 0.1) is 5.82 Å². The van der Waals surface area contributed by atoms with Crippen LogP contribution in [-0.4, -0.2) is 137 Å². The molecule has 2 unspecified atom stereocenters. The van der Waals surface area contributed by atoms with Crippen LogP contribution in [0.3, 0.4) is 0 Å². The highest BCUT2D eigenvalue weighted by Gasteiger charge is 2.44. The number of hydrogen-bond donors (Lipinski definition) is 4. The summed E-state index contributed by atoms with van der Waals surface area (Å²) in [6.45, 7) is 6.05. The SMILES string of the molecule is C=CC(=O)N1CCN(c2nc(NCCC(=O)N(C)CCOCCOc3ccc4c(c3)C(=O)N(C3CCC(=O)NC3=O)C4O)nc3c(F)c(-c4cc(O)cc5ccccc45)c(Cl)cc23)CC1. The van der Waals surface area contributed by atoms with Crippen molar-refractivity contribution < 1.29 is 48.0 Å². The molecule has 4 heterocycles. The van der Waals surface area contributed by atoms with E-state index in [2.05, 4.69) is 22.2 Å². The third-order valence-corrected chi connectivity index (χ3v) is 12.0. The number of phenols is 1. The number of nitrogens with one attached hydrogen (secondary N) is 2. The van der Waals surface area contributed by atoms with Crippen molar-refractivity contribution in [1.82, 2.24) is 30.0 Å². The third kappa shape index (κ3) is 9.23. The zero-order chi connectivity index (χ0) is 45.9. The molecule has 4 N–H and O–H groups in total. The second-order valence-corrected chi connectivity index (χ2v) is 16.2. The molecule has 338 valence electrons. The van der Waals surface area contributed by atoms with Crippen LogP contribution in [0.5, 0.6) is 11.5 Å². The number of rotatable bonds is 15. The van der Waals surface area contributed by atoms with E-state index in [1.807, 2.05) is 29.2 Å². The summed E-state index contributed by atoms with van der Waals surface area (Å²) < 4.78 is 28.4. The molecule has 2 atom stereocenters. The third-order valence-electron chi connectivity index (χ3n) is 11.7. The Morgan fingerprint density at radius 3 is 2.57 bits per heavy atom. The van der Waals surface area contributed by atoms with Gasteiger partial charge in [-0.2, -0.15) is 4.98 Å². The monoisotopic (exact) mass is 908 g/mol. The number of nitrogens with zero attached hydrogens (tertiary/aromatic N) is 6. The molecule has 2 fully saturated rings. The molecular formula is C46H46ClFN8O9. The molecule has 3 aliphatic rings. The van der Waals surface area contributed by atoms with Gasteiger partial charge >= 0.3 is 0 Å². The van der Waals surface area contributed by atoms with Crippen molar-refractivity contribution in [2.45, 2.75) is 31.5 Å². The average molecular weight is 909 g/mol. The van der Waals surface area contributed by atoms with Gasteiger partial charge in [-0.1, -0.05) is 48.5 Å². The van der Waals surface area contributed by atoms with E-state index >= 15 is 4.39 Å². The quantitative estimate of drug-likeness (QED) is 0.0654. The van der Waals surface area contributed by atoms with Gasteiger partial charge in [0.2, 0.25) is 29.6 Å². The minimum atomic E-state index is -1.33. The first-order valence-corrected chi connectivity index (χ1v) is 21.5. The van der Waals surface area contributed by atoms with Crippen molar-refractivity contribution in [3.8, 4) is 22.6 Å². The predicted octanol–water partition coefficient (Wildman–Crippen LogP) is 4.39. The summed E-state index contributed by atoms with van der Waals surface area (Å²) in [5.41, 5.74) is 0.973. The zero-order valence-corrected chi connectivity index (χ0v) is 36.1. The molecule has 5 aromatic rings. The van der Waals surface area contributed by atoms with Gasteiger partial charge in [0.15, 0.2) is 12.0 Å². The van der Waals surface area contributed by atoms with Gasteiger partial charge in [0, 0.05) is 75.7 Å². The number of carbonyl (C=O) groups is 5. The highest BCUT2D eigenvalue weighted by molar-refractivity contribution is 6.35. The van der Waals surface area contributed by atoms with Crippen LogP contribution < -0.4 is 20.3 Å². The normalized spacial score (nSPS) is 17.4. The summed E-state index contributed by atoms with van der Waals surface area (Å²) in [4.78, 5) is 78.1. The summed E-state index contributed by atoms with van der Waals surface area (Å²) >= 11 is 6.85. The Bertz CT molecular complexity index is 2730. The van der Waals surface area contributed by atoms with E-state index in [0.29, 0.717) is 65.0 Å². The van der Waals surface area contributed by atoms with E-state index in [0.717, 1.165) is 4.90 Å². The fourth-order valence-electron chi connectivity index (χ4n) is 8.33. The number of benzene rings is 4. The summed E-state index contributed by atoms with van der Waals surface area (Å²) in [6.07, 6.45) is 0.161. The topological polar surface area (TPSA) is 207 Å². The Morgan fingerprint density at radius 1 is 1.02 bits per heavy atom. The number of aliphatic hydroxyl groups excluding tert-OH is 1. The van der Waals surface area contributed by atoms with Crippen molar-refractivity contribution >= 4 is 74.6 Å². The average Bonchev–Trinajstić information content (AvgIpc) is 3.54. The Balaban J connectivity index is 0.875. The molecule has 3 aliphatic heterocycles. The molecule has 0 saturated carbocycles. The maximum absolute atomic E-state index is 16.9. The largest absolute Gasteiger partial charge is 0.508 e. The number of piperazine rings is 1. The first kappa shape index (κ1) is 44.7. The number of fused-ring (bicyclic) bond motifs is 3. The number of amides is 5. The van der Waals surface area contributed by atoms with Crippen molar-refractivity contribution in [1.29, 1.82) is 0 Å². The first-order chi connectivity index (χ1) is 31.3. The number of anilines is 2. The minimum Gasteiger partial charge on any atom is -0.508 e. The lowest BCUT2D eigenvalue weighted by Gasteiger charge is -2.35. The van der Waals surface area contributed by atoms with Gasteiger partial charge in [0.25, 0.3) is 5.91 Å². The second-order valence-electron chi connectivity index (χ2n) is 15.8. The molecule has 0 spiro atoms. The van der Waals surface area contributed by atoms with E-state index < -0.39 is 35.8 Å². The molecule has 65 heavy (non-hydrogen) atoms. The van der Waals surface area contributed by atoms with E-state index in [9.17, 15) is 34.2 Å². The number of phenolic OH excluding ortho intramolecular Hbond substituents is 1. The van der Waals surface area contributed by atoms with Crippen molar-refractivity contribution in [3.05, 3.63) is 95.3 Å². The van der Waals surface area contributed by atoms with Gasteiger partial charge in [-0.05, 0) is 59.2 Å². The molecule has 19 heteroatoms. The number of hydrogen-bond acceptors (Lipinski definition) is 13. The van der Waals surface area contributed by atoms with Crippen molar-refractivity contribution in [2.24, 2.45) is 0 Å². The fraction of sp³-hybridized carbons (Fsp3) is 0.326. The smallest absolute Gasteiger partial charge is 0.257 e. The van der Waals surface area contributed by atoms with E-state index in [4.69, 9.17) is 26.1 Å². The fourth-order valence-corrected chi connectivity index (χ4v) is 8.62. The standard InChI is InChI=1S/C46H46ClFN8O9/c1-3-37(59)54-14-16-55(17-15-54)42-33-25-34(47)39(31-23-27(57)22-26-6-4-5-7-29(26)31)40(48)41(33)51-46(52-42)49-13-12-38(60)53(2)18-19-64-20-21-65-28-8-9-30-32(24-28)45(63)56(44(30)62)35-10-11-36(58)50-43(35)61/h3-9,22-25,35,44,57,62H,1,10-21H2,2H3,(H,49,51,52)(H,50,58,61). The van der Waals surface area contributed by atoms with Gasteiger partial charge in [0.1, 0.15) is 35.5 Å². The Labute approximate surface area is 377 Å². The molecule has 17 nitrogen and oxygen atoms in total. The first-order valence-electron chi connectivity index (χ1n) is 21.1. The number of imide groups is 1. The molecule has 5 amide bonds. The maximum Gasteiger partial charge on any atom is 0.257 e. The lowest BCUT2D eigenvalue weighted by Crippen LogP contribution is -2.53. The number of aromatic hydroxyl groups is 1. The summed E-state index contributed by atoms with van der Waals surface area (Å²) in [5.74, 6) is -1.90. The minimum absolute atomic E-state index is 0.0154. The number of likely N-dealkylation sites (N-methyl/N-ethyl adjacent to an activating group) is 1. The van der Waals surface area contributed by atoms with Crippen LogP contribution in [0.1, 0.15) is 41.4 Å². The highest BCUT2D eigenvalue weighted by Crippen LogP contribution is 2.43. The van der Waals surface area contributed by atoms with Gasteiger partial charge in [0.05, 0.1) is 23.8 Å². The molecular weight excluding hydrogens is 863 g/mol. The number of aliphatic hydroxyl groups is 1.